The maximum absolute atomic E-state index is 6.63. The molecule has 0 spiro atoms. The lowest BCUT2D eigenvalue weighted by molar-refractivity contribution is 0.205. The maximum atomic E-state index is 6.63. The first-order valence-corrected chi connectivity index (χ1v) is 7.16. The normalized spacial score (nSPS) is 21.1. The van der Waals surface area contributed by atoms with E-state index >= 15 is 0 Å². The molecule has 1 aromatic rings. The second kappa shape index (κ2) is 5.58. The van der Waals surface area contributed by atoms with Crippen LogP contribution in [0.4, 0.5) is 0 Å². The molecule has 0 aromatic carbocycles. The van der Waals surface area contributed by atoms with Crippen molar-refractivity contribution in [1.29, 1.82) is 0 Å². The summed E-state index contributed by atoms with van der Waals surface area (Å²) in [6, 6.07) is 1.98. The van der Waals surface area contributed by atoms with E-state index in [0.717, 1.165) is 17.0 Å². The van der Waals surface area contributed by atoms with Crippen molar-refractivity contribution in [3.63, 3.8) is 0 Å². The molecule has 1 atom stereocenters. The van der Waals surface area contributed by atoms with Gasteiger partial charge in [-0.25, -0.2) is 0 Å². The van der Waals surface area contributed by atoms with Crippen molar-refractivity contribution in [1.82, 2.24) is 4.98 Å². The molecule has 17 heavy (non-hydrogen) atoms. The SMILES string of the molecule is CC1(C(Cl)Cc2ccncc2Cl)CCCCC1. The van der Waals surface area contributed by atoms with E-state index in [2.05, 4.69) is 11.9 Å². The minimum absolute atomic E-state index is 0.169. The number of alkyl halides is 1. The van der Waals surface area contributed by atoms with Crippen LogP contribution < -0.4 is 0 Å². The van der Waals surface area contributed by atoms with Gasteiger partial charge in [-0.3, -0.25) is 4.98 Å². The summed E-state index contributed by atoms with van der Waals surface area (Å²) in [7, 11) is 0. The molecule has 0 saturated heterocycles. The number of halogens is 2. The molecule has 1 unspecified atom stereocenters. The van der Waals surface area contributed by atoms with E-state index in [-0.39, 0.29) is 10.8 Å². The number of aromatic nitrogens is 1. The number of rotatable bonds is 3. The van der Waals surface area contributed by atoms with Crippen molar-refractivity contribution in [3.05, 3.63) is 29.0 Å². The quantitative estimate of drug-likeness (QED) is 0.716. The Morgan fingerprint density at radius 1 is 1.35 bits per heavy atom. The summed E-state index contributed by atoms with van der Waals surface area (Å²) in [6.45, 7) is 2.32. The Morgan fingerprint density at radius 2 is 2.06 bits per heavy atom. The molecular weight excluding hydrogens is 253 g/mol. The highest BCUT2D eigenvalue weighted by Gasteiger charge is 2.34. The molecule has 1 fully saturated rings. The largest absolute Gasteiger partial charge is 0.263 e. The standard InChI is InChI=1S/C14H19Cl2N/c1-14(6-3-2-4-7-14)13(16)9-11-5-8-17-10-12(11)15/h5,8,10,13H,2-4,6-7,9H2,1H3. The van der Waals surface area contributed by atoms with Crippen LogP contribution in [0.3, 0.4) is 0 Å². The summed E-state index contributed by atoms with van der Waals surface area (Å²) < 4.78 is 0. The molecule has 0 N–H and O–H groups in total. The smallest absolute Gasteiger partial charge is 0.0621 e. The molecule has 1 saturated carbocycles. The number of pyridine rings is 1. The summed E-state index contributed by atoms with van der Waals surface area (Å²) in [5.41, 5.74) is 1.39. The topological polar surface area (TPSA) is 12.9 Å². The van der Waals surface area contributed by atoms with Crippen LogP contribution in [0.15, 0.2) is 18.5 Å². The Hall–Kier alpha value is -0.270. The summed E-state index contributed by atoms with van der Waals surface area (Å²) in [4.78, 5) is 4.01. The maximum Gasteiger partial charge on any atom is 0.0621 e. The molecule has 2 rings (SSSR count). The van der Waals surface area contributed by atoms with Gasteiger partial charge in [-0.15, -0.1) is 11.6 Å². The summed E-state index contributed by atoms with van der Waals surface area (Å²) in [6.07, 6.45) is 10.8. The average molecular weight is 272 g/mol. The van der Waals surface area contributed by atoms with E-state index in [9.17, 15) is 0 Å². The fourth-order valence-electron chi connectivity index (χ4n) is 2.68. The Kier molecular flexibility index (Phi) is 4.32. The van der Waals surface area contributed by atoms with Crippen LogP contribution in [-0.2, 0) is 6.42 Å². The molecule has 0 aliphatic heterocycles. The molecule has 1 aromatic heterocycles. The van der Waals surface area contributed by atoms with Gasteiger partial charge in [-0.2, -0.15) is 0 Å². The lowest BCUT2D eigenvalue weighted by atomic mass is 9.72. The van der Waals surface area contributed by atoms with Gasteiger partial charge in [0.25, 0.3) is 0 Å². The van der Waals surface area contributed by atoms with Crippen molar-refractivity contribution < 1.29 is 0 Å². The second-order valence-electron chi connectivity index (χ2n) is 5.35. The summed E-state index contributed by atoms with van der Waals surface area (Å²) in [5.74, 6) is 0. The molecule has 0 radical (unpaired) electrons. The number of hydrogen-bond acceptors (Lipinski definition) is 1. The monoisotopic (exact) mass is 271 g/mol. The van der Waals surface area contributed by atoms with E-state index in [1.165, 1.54) is 32.1 Å². The average Bonchev–Trinajstić information content (AvgIpc) is 2.33. The van der Waals surface area contributed by atoms with E-state index < -0.39 is 0 Å². The van der Waals surface area contributed by atoms with E-state index in [4.69, 9.17) is 23.2 Å². The first-order chi connectivity index (χ1) is 8.12. The highest BCUT2D eigenvalue weighted by Crippen LogP contribution is 2.42. The molecule has 1 heterocycles. The lowest BCUT2D eigenvalue weighted by Crippen LogP contribution is -2.32. The first kappa shape index (κ1) is 13.2. The predicted molar refractivity (Wildman–Crippen MR) is 73.8 cm³/mol. The van der Waals surface area contributed by atoms with Crippen molar-refractivity contribution >= 4 is 23.2 Å². The second-order valence-corrected chi connectivity index (χ2v) is 6.29. The van der Waals surface area contributed by atoms with Crippen molar-refractivity contribution in [2.45, 2.75) is 50.8 Å². The van der Waals surface area contributed by atoms with Crippen LogP contribution in [0.5, 0.6) is 0 Å². The third-order valence-corrected chi connectivity index (χ3v) is 5.03. The van der Waals surface area contributed by atoms with E-state index in [1.807, 2.05) is 6.07 Å². The van der Waals surface area contributed by atoms with Crippen LogP contribution in [0.2, 0.25) is 5.02 Å². The van der Waals surface area contributed by atoms with Gasteiger partial charge in [0.1, 0.15) is 0 Å². The molecule has 0 amide bonds. The van der Waals surface area contributed by atoms with Gasteiger partial charge in [-0.05, 0) is 36.3 Å². The fourth-order valence-corrected chi connectivity index (χ4v) is 3.26. The molecule has 1 aliphatic rings. The predicted octanol–water partition coefficient (Wildman–Crippen LogP) is 4.86. The fraction of sp³-hybridized carbons (Fsp3) is 0.643. The van der Waals surface area contributed by atoms with Crippen LogP contribution in [-0.4, -0.2) is 10.4 Å². The number of nitrogens with zero attached hydrogens (tertiary/aromatic N) is 1. The van der Waals surface area contributed by atoms with Crippen LogP contribution in [0.1, 0.15) is 44.6 Å². The van der Waals surface area contributed by atoms with Gasteiger partial charge in [-0.1, -0.05) is 37.8 Å². The van der Waals surface area contributed by atoms with Gasteiger partial charge in [0.2, 0.25) is 0 Å². The molecule has 1 nitrogen and oxygen atoms in total. The van der Waals surface area contributed by atoms with Gasteiger partial charge >= 0.3 is 0 Å². The zero-order chi connectivity index (χ0) is 12.3. The zero-order valence-electron chi connectivity index (χ0n) is 10.3. The zero-order valence-corrected chi connectivity index (χ0v) is 11.8. The van der Waals surface area contributed by atoms with Crippen molar-refractivity contribution in [3.8, 4) is 0 Å². The van der Waals surface area contributed by atoms with Crippen molar-refractivity contribution in [2.24, 2.45) is 5.41 Å². The molecule has 1 aliphatic carbocycles. The van der Waals surface area contributed by atoms with Crippen LogP contribution >= 0.6 is 23.2 Å². The first-order valence-electron chi connectivity index (χ1n) is 6.34. The van der Waals surface area contributed by atoms with E-state index in [0.29, 0.717) is 0 Å². The Bertz CT molecular complexity index is 372. The molecule has 0 bridgehead atoms. The third kappa shape index (κ3) is 3.14. The Balaban J connectivity index is 2.05. The lowest BCUT2D eigenvalue weighted by Gasteiger charge is -2.37. The number of hydrogen-bond donors (Lipinski definition) is 0. The molecule has 94 valence electrons. The minimum Gasteiger partial charge on any atom is -0.263 e. The highest BCUT2D eigenvalue weighted by molar-refractivity contribution is 6.31. The highest BCUT2D eigenvalue weighted by atomic mass is 35.5. The van der Waals surface area contributed by atoms with Gasteiger partial charge in [0.05, 0.1) is 5.02 Å². The van der Waals surface area contributed by atoms with E-state index in [1.54, 1.807) is 12.4 Å². The van der Waals surface area contributed by atoms with Crippen LogP contribution in [0, 0.1) is 5.41 Å². The Morgan fingerprint density at radius 3 is 2.71 bits per heavy atom. The summed E-state index contributed by atoms with van der Waals surface area (Å²) in [5, 5.41) is 0.903. The van der Waals surface area contributed by atoms with Gasteiger partial charge in [0, 0.05) is 17.8 Å². The van der Waals surface area contributed by atoms with Crippen molar-refractivity contribution in [2.75, 3.05) is 0 Å². The third-order valence-electron chi connectivity index (χ3n) is 4.01. The Labute approximate surface area is 114 Å². The van der Waals surface area contributed by atoms with Gasteiger partial charge < -0.3 is 0 Å². The van der Waals surface area contributed by atoms with Crippen LogP contribution in [0.25, 0.3) is 0 Å². The minimum atomic E-state index is 0.169. The molecule has 3 heteroatoms. The van der Waals surface area contributed by atoms with Gasteiger partial charge in [0.15, 0.2) is 0 Å². The summed E-state index contributed by atoms with van der Waals surface area (Å²) >= 11 is 12.8. The molecular formula is C14H19Cl2N.